The van der Waals surface area contributed by atoms with Crippen LogP contribution in [0.1, 0.15) is 30.3 Å². The van der Waals surface area contributed by atoms with Crippen molar-refractivity contribution in [1.82, 2.24) is 14.5 Å². The molecule has 0 bridgehead atoms. The lowest BCUT2D eigenvalue weighted by atomic mass is 9.98. The molecule has 4 rings (SSSR count). The van der Waals surface area contributed by atoms with E-state index in [1.807, 2.05) is 35.2 Å². The number of amides is 1. The van der Waals surface area contributed by atoms with Gasteiger partial charge < -0.3 is 9.47 Å². The van der Waals surface area contributed by atoms with E-state index >= 15 is 0 Å². The van der Waals surface area contributed by atoms with Crippen LogP contribution in [0.4, 0.5) is 0 Å². The number of rotatable bonds is 2. The number of imidazole rings is 1. The molecular weight excluding hydrogens is 338 g/mol. The zero-order chi connectivity index (χ0) is 17.6. The lowest BCUT2D eigenvalue weighted by Gasteiger charge is -2.30. The number of benzene rings is 1. The normalized spacial score (nSPS) is 19.8. The van der Waals surface area contributed by atoms with Crippen molar-refractivity contribution in [1.29, 1.82) is 0 Å². The third kappa shape index (κ3) is 2.76. The van der Waals surface area contributed by atoms with E-state index in [0.717, 1.165) is 18.4 Å². The van der Waals surface area contributed by atoms with Gasteiger partial charge in [0.2, 0.25) is 15.0 Å². The summed E-state index contributed by atoms with van der Waals surface area (Å²) in [5.41, 5.74) is 1.66. The first-order valence-electron chi connectivity index (χ1n) is 8.65. The lowest BCUT2D eigenvalue weighted by molar-refractivity contribution is 0.0686. The molecule has 1 aromatic heterocycles. The molecule has 0 N–H and O–H groups in total. The molecule has 25 heavy (non-hydrogen) atoms. The smallest absolute Gasteiger partial charge is 0.272 e. The van der Waals surface area contributed by atoms with Crippen molar-refractivity contribution in [3.63, 3.8) is 0 Å². The SMILES string of the molecule is CC1CCN(C(=O)c2c(-c3ccccc3)nc3n2CCS3(=O)=O)CC1. The van der Waals surface area contributed by atoms with Gasteiger partial charge in [0, 0.05) is 25.2 Å². The topological polar surface area (TPSA) is 72.3 Å². The summed E-state index contributed by atoms with van der Waals surface area (Å²) in [5.74, 6) is 0.526. The van der Waals surface area contributed by atoms with Crippen molar-refractivity contribution < 1.29 is 13.2 Å². The van der Waals surface area contributed by atoms with Crippen LogP contribution >= 0.6 is 0 Å². The third-order valence-corrected chi connectivity index (χ3v) is 6.70. The van der Waals surface area contributed by atoms with Crippen molar-refractivity contribution >= 4 is 15.7 Å². The van der Waals surface area contributed by atoms with Gasteiger partial charge in [0.1, 0.15) is 11.4 Å². The van der Waals surface area contributed by atoms with Crippen molar-refractivity contribution in [2.45, 2.75) is 31.5 Å². The van der Waals surface area contributed by atoms with E-state index in [0.29, 0.717) is 36.9 Å². The second-order valence-corrected chi connectivity index (χ2v) is 8.91. The number of piperidine rings is 1. The van der Waals surface area contributed by atoms with Crippen LogP contribution in [0.15, 0.2) is 35.5 Å². The van der Waals surface area contributed by atoms with Gasteiger partial charge in [0.15, 0.2) is 0 Å². The van der Waals surface area contributed by atoms with Crippen LogP contribution < -0.4 is 0 Å². The first kappa shape index (κ1) is 16.3. The Balaban J connectivity index is 1.82. The van der Waals surface area contributed by atoms with E-state index in [4.69, 9.17) is 0 Å². The minimum absolute atomic E-state index is 0.0156. The fourth-order valence-corrected chi connectivity index (χ4v) is 4.91. The molecule has 6 nitrogen and oxygen atoms in total. The molecule has 2 aromatic rings. The quantitative estimate of drug-likeness (QED) is 0.824. The highest BCUT2D eigenvalue weighted by Gasteiger charge is 2.37. The predicted octanol–water partition coefficient (Wildman–Crippen LogP) is 2.21. The van der Waals surface area contributed by atoms with Gasteiger partial charge in [-0.05, 0) is 18.8 Å². The van der Waals surface area contributed by atoms with Crippen LogP contribution in [0.5, 0.6) is 0 Å². The van der Waals surface area contributed by atoms with Gasteiger partial charge in [-0.25, -0.2) is 13.4 Å². The Morgan fingerprint density at radius 3 is 2.48 bits per heavy atom. The average Bonchev–Trinajstić information content (AvgIpc) is 3.14. The highest BCUT2D eigenvalue weighted by atomic mass is 32.2. The number of likely N-dealkylation sites (tertiary alicyclic amines) is 1. The van der Waals surface area contributed by atoms with Gasteiger partial charge in [0.05, 0.1) is 5.75 Å². The number of sulfone groups is 1. The first-order valence-corrected chi connectivity index (χ1v) is 10.3. The van der Waals surface area contributed by atoms with E-state index in [-0.39, 0.29) is 16.8 Å². The molecule has 2 aliphatic rings. The molecular formula is C18H21N3O3S. The molecule has 0 spiro atoms. The Kier molecular flexibility index (Phi) is 3.91. The van der Waals surface area contributed by atoms with Gasteiger partial charge in [-0.1, -0.05) is 37.3 Å². The third-order valence-electron chi connectivity index (χ3n) is 5.12. The molecule has 3 heterocycles. The fourth-order valence-electron chi connectivity index (χ4n) is 3.56. The van der Waals surface area contributed by atoms with E-state index in [9.17, 15) is 13.2 Å². The number of carbonyl (C=O) groups is 1. The summed E-state index contributed by atoms with van der Waals surface area (Å²) in [6.07, 6.45) is 1.96. The Morgan fingerprint density at radius 1 is 1.12 bits per heavy atom. The molecule has 1 amide bonds. The predicted molar refractivity (Wildman–Crippen MR) is 94.0 cm³/mol. The average molecular weight is 359 g/mol. The van der Waals surface area contributed by atoms with Crippen molar-refractivity contribution in [3.05, 3.63) is 36.0 Å². The number of nitrogens with zero attached hydrogens (tertiary/aromatic N) is 3. The molecule has 1 fully saturated rings. The number of hydrogen-bond donors (Lipinski definition) is 0. The van der Waals surface area contributed by atoms with Gasteiger partial charge >= 0.3 is 0 Å². The molecule has 1 saturated heterocycles. The zero-order valence-corrected chi connectivity index (χ0v) is 15.0. The lowest BCUT2D eigenvalue weighted by Crippen LogP contribution is -2.39. The molecule has 0 saturated carbocycles. The second-order valence-electron chi connectivity index (χ2n) is 6.90. The fraction of sp³-hybridized carbons (Fsp3) is 0.444. The highest BCUT2D eigenvalue weighted by Crippen LogP contribution is 2.31. The molecule has 0 atom stereocenters. The van der Waals surface area contributed by atoms with E-state index in [1.54, 1.807) is 4.57 Å². The first-order chi connectivity index (χ1) is 12.0. The number of hydrogen-bond acceptors (Lipinski definition) is 4. The summed E-state index contributed by atoms with van der Waals surface area (Å²) in [6, 6.07) is 9.34. The number of carbonyl (C=O) groups excluding carboxylic acids is 1. The van der Waals surface area contributed by atoms with E-state index < -0.39 is 9.84 Å². The van der Waals surface area contributed by atoms with Gasteiger partial charge in [-0.15, -0.1) is 0 Å². The Morgan fingerprint density at radius 2 is 1.80 bits per heavy atom. The van der Waals surface area contributed by atoms with Crippen LogP contribution in [0.25, 0.3) is 11.3 Å². The van der Waals surface area contributed by atoms with Crippen molar-refractivity contribution in [2.75, 3.05) is 18.8 Å². The Labute approximate surface area is 147 Å². The standard InChI is InChI=1S/C18H21N3O3S/c1-13-7-9-20(10-8-13)17(22)16-15(14-5-3-2-4-6-14)19-18-21(16)11-12-25(18,23)24/h2-6,13H,7-12H2,1H3. The van der Waals surface area contributed by atoms with Gasteiger partial charge in [-0.2, -0.15) is 0 Å². The zero-order valence-electron chi connectivity index (χ0n) is 14.2. The molecule has 7 heteroatoms. The summed E-state index contributed by atoms with van der Waals surface area (Å²) < 4.78 is 26.2. The second kappa shape index (κ2) is 5.98. The molecule has 0 unspecified atom stereocenters. The minimum Gasteiger partial charge on any atom is -0.337 e. The van der Waals surface area contributed by atoms with Crippen LogP contribution in [-0.2, 0) is 16.4 Å². The Bertz CT molecular complexity index is 911. The van der Waals surface area contributed by atoms with Crippen molar-refractivity contribution in [2.24, 2.45) is 5.92 Å². The molecule has 0 aliphatic carbocycles. The summed E-state index contributed by atoms with van der Waals surface area (Å²) in [4.78, 5) is 19.4. The maximum absolute atomic E-state index is 13.2. The van der Waals surface area contributed by atoms with Crippen molar-refractivity contribution in [3.8, 4) is 11.3 Å². The largest absolute Gasteiger partial charge is 0.337 e. The minimum atomic E-state index is -3.41. The molecule has 132 valence electrons. The number of fused-ring (bicyclic) bond motifs is 1. The summed E-state index contributed by atoms with van der Waals surface area (Å²) in [5, 5.41) is 0.0279. The maximum Gasteiger partial charge on any atom is 0.272 e. The van der Waals surface area contributed by atoms with Crippen LogP contribution in [0.2, 0.25) is 0 Å². The summed E-state index contributed by atoms with van der Waals surface area (Å²) in [6.45, 7) is 3.91. The molecule has 0 radical (unpaired) electrons. The summed E-state index contributed by atoms with van der Waals surface area (Å²) >= 11 is 0. The van der Waals surface area contributed by atoms with Gasteiger partial charge in [0.25, 0.3) is 5.91 Å². The van der Waals surface area contributed by atoms with E-state index in [1.165, 1.54) is 0 Å². The number of aromatic nitrogens is 2. The molecule has 2 aliphatic heterocycles. The van der Waals surface area contributed by atoms with Crippen LogP contribution in [-0.4, -0.2) is 47.6 Å². The highest BCUT2D eigenvalue weighted by molar-refractivity contribution is 7.91. The molecule has 1 aromatic carbocycles. The maximum atomic E-state index is 13.2. The Hall–Kier alpha value is -2.15. The van der Waals surface area contributed by atoms with Crippen LogP contribution in [0, 0.1) is 5.92 Å². The summed E-state index contributed by atoms with van der Waals surface area (Å²) in [7, 11) is -3.41. The monoisotopic (exact) mass is 359 g/mol. The van der Waals surface area contributed by atoms with E-state index in [2.05, 4.69) is 11.9 Å². The van der Waals surface area contributed by atoms with Crippen LogP contribution in [0.3, 0.4) is 0 Å². The van der Waals surface area contributed by atoms with Gasteiger partial charge in [-0.3, -0.25) is 4.79 Å².